The maximum Gasteiger partial charge on any atom is 0.302 e. The number of aliphatic hydroxyl groups is 1. The van der Waals surface area contributed by atoms with Crippen molar-refractivity contribution in [3.63, 3.8) is 0 Å². The maximum atomic E-state index is 11.0. The van der Waals surface area contributed by atoms with Crippen molar-refractivity contribution >= 4 is 5.97 Å². The van der Waals surface area contributed by atoms with Crippen molar-refractivity contribution < 1.29 is 24.1 Å². The summed E-state index contributed by atoms with van der Waals surface area (Å²) < 4.78 is 16.2. The number of carbonyl (C=O) groups excluding carboxylic acids is 1. The Morgan fingerprint density at radius 2 is 2.08 bits per heavy atom. The summed E-state index contributed by atoms with van der Waals surface area (Å²) in [5.74, 6) is 1.50. The molecule has 0 aromatic carbocycles. The summed E-state index contributed by atoms with van der Waals surface area (Å²) in [5, 5.41) is 9.64. The second-order valence-corrected chi connectivity index (χ2v) is 8.36. The summed E-state index contributed by atoms with van der Waals surface area (Å²) in [6, 6.07) is 0. The van der Waals surface area contributed by atoms with E-state index in [0.29, 0.717) is 42.7 Å². The van der Waals surface area contributed by atoms with Crippen molar-refractivity contribution in [3.05, 3.63) is 0 Å². The van der Waals surface area contributed by atoms with E-state index < -0.39 is 0 Å². The van der Waals surface area contributed by atoms with Gasteiger partial charge < -0.3 is 19.3 Å². The van der Waals surface area contributed by atoms with Crippen LogP contribution in [0.3, 0.4) is 0 Å². The van der Waals surface area contributed by atoms with Gasteiger partial charge in [-0.15, -0.1) is 0 Å². The lowest BCUT2D eigenvalue weighted by molar-refractivity contribution is -0.143. The average molecular weight is 357 g/mol. The molecule has 0 spiro atoms. The monoisotopic (exact) mass is 356 g/mol. The lowest BCUT2D eigenvalue weighted by Crippen LogP contribution is -2.43. The Morgan fingerprint density at radius 1 is 1.32 bits per heavy atom. The molecule has 1 N–H and O–H groups in total. The van der Waals surface area contributed by atoms with Crippen LogP contribution in [0.25, 0.3) is 0 Å². The first-order chi connectivity index (χ1) is 11.9. The smallest absolute Gasteiger partial charge is 0.302 e. The molecule has 2 fully saturated rings. The van der Waals surface area contributed by atoms with Gasteiger partial charge in [-0.05, 0) is 55.3 Å². The van der Waals surface area contributed by atoms with E-state index in [9.17, 15) is 9.90 Å². The molecule has 0 amide bonds. The van der Waals surface area contributed by atoms with Gasteiger partial charge in [-0.25, -0.2) is 0 Å². The standard InChI is InChI=1S/C20H36O5/c1-14(10-16(11-21)12-24-15(2)22)17-7-8-18-19(25-13-23-4)6-5-9-20(17,18)3/h14,16-19,21H,5-13H2,1-4H3/t14-,16+,17-,18?,19+,20-/m1/s1. The highest BCUT2D eigenvalue weighted by Gasteiger charge is 2.53. The molecule has 5 heteroatoms. The first kappa shape index (κ1) is 20.7. The summed E-state index contributed by atoms with van der Waals surface area (Å²) in [4.78, 5) is 11.0. The molecule has 0 aliphatic heterocycles. The van der Waals surface area contributed by atoms with Crippen LogP contribution in [-0.2, 0) is 19.0 Å². The van der Waals surface area contributed by atoms with Crippen molar-refractivity contribution in [1.29, 1.82) is 0 Å². The molecular formula is C20H36O5. The summed E-state index contributed by atoms with van der Waals surface area (Å²) in [5.41, 5.74) is 0.303. The Bertz CT molecular complexity index is 426. The molecule has 2 aliphatic rings. The molecule has 2 aliphatic carbocycles. The van der Waals surface area contributed by atoms with Gasteiger partial charge in [0.1, 0.15) is 6.79 Å². The minimum atomic E-state index is -0.274. The molecule has 2 saturated carbocycles. The zero-order valence-electron chi connectivity index (χ0n) is 16.3. The topological polar surface area (TPSA) is 65.0 Å². The fourth-order valence-electron chi connectivity index (χ4n) is 5.57. The quantitative estimate of drug-likeness (QED) is 0.507. The van der Waals surface area contributed by atoms with Gasteiger partial charge in [-0.3, -0.25) is 4.79 Å². The number of fused-ring (bicyclic) bond motifs is 1. The second-order valence-electron chi connectivity index (χ2n) is 8.36. The molecular weight excluding hydrogens is 320 g/mol. The Labute approximate surface area is 152 Å². The van der Waals surface area contributed by atoms with Crippen LogP contribution in [0, 0.1) is 29.1 Å². The van der Waals surface area contributed by atoms with Gasteiger partial charge in [-0.1, -0.05) is 20.3 Å². The normalized spacial score (nSPS) is 34.4. The number of rotatable bonds is 9. The minimum Gasteiger partial charge on any atom is -0.465 e. The number of esters is 1. The van der Waals surface area contributed by atoms with Crippen molar-refractivity contribution in [3.8, 4) is 0 Å². The zero-order chi connectivity index (χ0) is 18.4. The van der Waals surface area contributed by atoms with Crippen LogP contribution in [0.4, 0.5) is 0 Å². The fourth-order valence-corrected chi connectivity index (χ4v) is 5.57. The molecule has 2 rings (SSSR count). The van der Waals surface area contributed by atoms with E-state index in [1.54, 1.807) is 7.11 Å². The van der Waals surface area contributed by atoms with Gasteiger partial charge in [0.15, 0.2) is 0 Å². The largest absolute Gasteiger partial charge is 0.465 e. The maximum absolute atomic E-state index is 11.0. The number of ether oxygens (including phenoxy) is 3. The highest BCUT2D eigenvalue weighted by Crippen LogP contribution is 2.58. The van der Waals surface area contributed by atoms with Crippen LogP contribution in [0.15, 0.2) is 0 Å². The number of methoxy groups -OCH3 is 1. The van der Waals surface area contributed by atoms with Crippen molar-refractivity contribution in [2.45, 2.75) is 65.4 Å². The van der Waals surface area contributed by atoms with Crippen LogP contribution in [-0.4, -0.2) is 44.3 Å². The molecule has 0 aromatic heterocycles. The molecule has 0 aromatic rings. The molecule has 6 atom stereocenters. The van der Waals surface area contributed by atoms with Gasteiger partial charge in [0.25, 0.3) is 0 Å². The second kappa shape index (κ2) is 9.33. The third-order valence-corrected chi connectivity index (χ3v) is 6.71. The predicted octanol–water partition coefficient (Wildman–Crippen LogP) is 3.39. The molecule has 0 radical (unpaired) electrons. The third kappa shape index (κ3) is 4.95. The minimum absolute atomic E-state index is 0.0330. The Hall–Kier alpha value is -0.650. The van der Waals surface area contributed by atoms with Crippen LogP contribution in [0.2, 0.25) is 0 Å². The highest BCUT2D eigenvalue weighted by molar-refractivity contribution is 5.65. The Balaban J connectivity index is 1.98. The summed E-state index contributed by atoms with van der Waals surface area (Å²) in [7, 11) is 1.68. The van der Waals surface area contributed by atoms with E-state index in [1.807, 2.05) is 0 Å². The van der Waals surface area contributed by atoms with Gasteiger partial charge in [0, 0.05) is 26.6 Å². The van der Waals surface area contributed by atoms with Gasteiger partial charge >= 0.3 is 5.97 Å². The summed E-state index contributed by atoms with van der Waals surface area (Å²) >= 11 is 0. The van der Waals surface area contributed by atoms with E-state index >= 15 is 0 Å². The number of aliphatic hydroxyl groups excluding tert-OH is 1. The van der Waals surface area contributed by atoms with E-state index in [2.05, 4.69) is 13.8 Å². The predicted molar refractivity (Wildman–Crippen MR) is 95.9 cm³/mol. The third-order valence-electron chi connectivity index (χ3n) is 6.71. The van der Waals surface area contributed by atoms with Crippen LogP contribution < -0.4 is 0 Å². The first-order valence-corrected chi connectivity index (χ1v) is 9.77. The molecule has 0 saturated heterocycles. The fraction of sp³-hybridized carbons (Fsp3) is 0.950. The highest BCUT2D eigenvalue weighted by atomic mass is 16.7. The summed E-state index contributed by atoms with van der Waals surface area (Å²) in [6.45, 7) is 6.93. The first-order valence-electron chi connectivity index (χ1n) is 9.77. The molecule has 25 heavy (non-hydrogen) atoms. The van der Waals surface area contributed by atoms with E-state index in [-0.39, 0.29) is 18.5 Å². The van der Waals surface area contributed by atoms with Crippen molar-refractivity contribution in [2.75, 3.05) is 27.1 Å². The summed E-state index contributed by atoms with van der Waals surface area (Å²) in [6.07, 6.45) is 7.26. The van der Waals surface area contributed by atoms with Crippen molar-refractivity contribution in [1.82, 2.24) is 0 Å². The Morgan fingerprint density at radius 3 is 2.72 bits per heavy atom. The number of hydrogen-bond acceptors (Lipinski definition) is 5. The van der Waals surface area contributed by atoms with Crippen LogP contribution >= 0.6 is 0 Å². The van der Waals surface area contributed by atoms with Gasteiger partial charge in [0.05, 0.1) is 12.7 Å². The molecule has 1 unspecified atom stereocenters. The molecule has 0 heterocycles. The number of carbonyl (C=O) groups is 1. The van der Waals surface area contributed by atoms with Crippen molar-refractivity contribution in [2.24, 2.45) is 29.1 Å². The molecule has 146 valence electrons. The molecule has 0 bridgehead atoms. The van der Waals surface area contributed by atoms with E-state index in [0.717, 1.165) is 12.8 Å². The lowest BCUT2D eigenvalue weighted by atomic mass is 9.61. The van der Waals surface area contributed by atoms with E-state index in [1.165, 1.54) is 32.6 Å². The van der Waals surface area contributed by atoms with Crippen LogP contribution in [0.1, 0.15) is 59.3 Å². The average Bonchev–Trinajstić information content (AvgIpc) is 2.94. The number of hydrogen-bond donors (Lipinski definition) is 1. The molecule has 5 nitrogen and oxygen atoms in total. The Kier molecular flexibility index (Phi) is 7.71. The SMILES string of the molecule is COCO[C@H]1CCC[C@@]2(C)C1CC[C@@H]2[C@H](C)C[C@@H](CO)COC(C)=O. The lowest BCUT2D eigenvalue weighted by Gasteiger charge is -2.46. The van der Waals surface area contributed by atoms with Gasteiger partial charge in [-0.2, -0.15) is 0 Å². The zero-order valence-corrected chi connectivity index (χ0v) is 16.3. The van der Waals surface area contributed by atoms with Gasteiger partial charge in [0.2, 0.25) is 0 Å². The van der Waals surface area contributed by atoms with Crippen LogP contribution in [0.5, 0.6) is 0 Å². The van der Waals surface area contributed by atoms with E-state index in [4.69, 9.17) is 14.2 Å².